The predicted octanol–water partition coefficient (Wildman–Crippen LogP) is 1.38. The van der Waals surface area contributed by atoms with Gasteiger partial charge in [-0.3, -0.25) is 9.36 Å². The Kier molecular flexibility index (Phi) is 4.68. The summed E-state index contributed by atoms with van der Waals surface area (Å²) in [5.41, 5.74) is -0.760. The van der Waals surface area contributed by atoms with E-state index in [0.29, 0.717) is 10.8 Å². The number of hydrogen-bond donors (Lipinski definition) is 2. The quantitative estimate of drug-likeness (QED) is 0.870. The lowest BCUT2D eigenvalue weighted by molar-refractivity contribution is -0.0218. The van der Waals surface area contributed by atoms with Gasteiger partial charge in [0.1, 0.15) is 11.9 Å². The van der Waals surface area contributed by atoms with E-state index in [1.54, 1.807) is 18.2 Å². The second-order valence-corrected chi connectivity index (χ2v) is 5.21. The Balaban J connectivity index is 1.85. The van der Waals surface area contributed by atoms with E-state index in [-0.39, 0.29) is 5.56 Å². The highest BCUT2D eigenvalue weighted by Gasteiger charge is 2.30. The second kappa shape index (κ2) is 6.91. The number of benzene rings is 1. The van der Waals surface area contributed by atoms with Crippen molar-refractivity contribution in [3.05, 3.63) is 70.3 Å². The summed E-state index contributed by atoms with van der Waals surface area (Å²) in [6.45, 7) is -0.486. The third kappa shape index (κ3) is 3.47. The fourth-order valence-electron chi connectivity index (χ4n) is 2.29. The Morgan fingerprint density at radius 3 is 2.68 bits per heavy atom. The zero-order valence-electron chi connectivity index (χ0n) is 12.7. The van der Waals surface area contributed by atoms with Gasteiger partial charge in [-0.25, -0.2) is 13.6 Å². The molecule has 0 aliphatic carbocycles. The van der Waals surface area contributed by atoms with Gasteiger partial charge < -0.3 is 15.2 Å². The van der Waals surface area contributed by atoms with Crippen LogP contribution in [-0.2, 0) is 4.74 Å². The number of carbonyl (C=O) groups excluding carboxylic acids is 1. The molecule has 0 fully saturated rings. The minimum absolute atomic E-state index is 0.256. The van der Waals surface area contributed by atoms with Crippen LogP contribution in [-0.4, -0.2) is 33.3 Å². The number of carbonyl (C=O) groups is 1. The van der Waals surface area contributed by atoms with Gasteiger partial charge >= 0.3 is 5.69 Å². The van der Waals surface area contributed by atoms with Gasteiger partial charge in [0.05, 0.1) is 12.8 Å². The first-order valence-electron chi connectivity index (χ1n) is 7.28. The van der Waals surface area contributed by atoms with Crippen molar-refractivity contribution >= 4 is 11.7 Å². The first-order valence-corrected chi connectivity index (χ1v) is 7.28. The molecule has 7 nitrogen and oxygen atoms in total. The van der Waals surface area contributed by atoms with Crippen LogP contribution in [0.1, 0.15) is 16.6 Å². The molecule has 0 bridgehead atoms. The van der Waals surface area contributed by atoms with Crippen molar-refractivity contribution in [2.24, 2.45) is 0 Å². The Labute approximate surface area is 140 Å². The Morgan fingerprint density at radius 2 is 2.04 bits per heavy atom. The van der Waals surface area contributed by atoms with Crippen molar-refractivity contribution < 1.29 is 23.4 Å². The molecule has 25 heavy (non-hydrogen) atoms. The average molecular weight is 349 g/mol. The largest absolute Gasteiger partial charge is 0.393 e. The van der Waals surface area contributed by atoms with Crippen LogP contribution in [0.3, 0.4) is 0 Å². The number of aliphatic hydroxyl groups is 1. The Hall–Kier alpha value is -2.91. The molecule has 1 aliphatic rings. The molecule has 2 heterocycles. The molecule has 2 N–H and O–H groups in total. The predicted molar refractivity (Wildman–Crippen MR) is 83.0 cm³/mol. The molecule has 0 saturated heterocycles. The number of ether oxygens (including phenoxy) is 1. The van der Waals surface area contributed by atoms with Crippen LogP contribution in [0.4, 0.5) is 14.6 Å². The van der Waals surface area contributed by atoms with Crippen LogP contribution < -0.4 is 11.0 Å². The number of aromatic nitrogens is 2. The number of nitrogens with zero attached hydrogens (tertiary/aromatic N) is 2. The lowest BCUT2D eigenvalue weighted by Gasteiger charge is -2.16. The minimum atomic E-state index is -1.51. The van der Waals surface area contributed by atoms with E-state index in [1.807, 2.05) is 0 Å². The van der Waals surface area contributed by atoms with Gasteiger partial charge in [-0.05, 0) is 18.2 Å². The molecule has 1 aromatic heterocycles. The summed E-state index contributed by atoms with van der Waals surface area (Å²) >= 11 is 0. The van der Waals surface area contributed by atoms with Crippen molar-refractivity contribution in [3.63, 3.8) is 0 Å². The van der Waals surface area contributed by atoms with Gasteiger partial charge in [0.15, 0.2) is 17.9 Å². The van der Waals surface area contributed by atoms with Crippen LogP contribution in [0.15, 0.2) is 53.2 Å². The average Bonchev–Trinajstić information content (AvgIpc) is 2.99. The van der Waals surface area contributed by atoms with Gasteiger partial charge in [-0.1, -0.05) is 18.2 Å². The number of amides is 1. The SMILES string of the molecule is O=C(Nc1nc(=O)n([C@@H]2O[C@H](CO)C=C2F)cc1F)c1ccccc1. The van der Waals surface area contributed by atoms with Crippen LogP contribution in [0.2, 0.25) is 0 Å². The molecule has 1 aliphatic heterocycles. The van der Waals surface area contributed by atoms with Gasteiger partial charge in [-0.2, -0.15) is 4.98 Å². The van der Waals surface area contributed by atoms with E-state index >= 15 is 0 Å². The molecule has 1 amide bonds. The number of nitrogens with one attached hydrogen (secondary N) is 1. The third-order valence-corrected chi connectivity index (χ3v) is 3.49. The summed E-state index contributed by atoms with van der Waals surface area (Å²) in [4.78, 5) is 27.5. The van der Waals surface area contributed by atoms with E-state index in [1.165, 1.54) is 12.1 Å². The smallest absolute Gasteiger partial charge is 0.352 e. The fraction of sp³-hybridized carbons (Fsp3) is 0.188. The molecular formula is C16H13F2N3O4. The van der Waals surface area contributed by atoms with Crippen molar-refractivity contribution in [2.75, 3.05) is 11.9 Å². The van der Waals surface area contributed by atoms with Gasteiger partial charge in [-0.15, -0.1) is 0 Å². The zero-order chi connectivity index (χ0) is 18.0. The van der Waals surface area contributed by atoms with Gasteiger partial charge in [0.2, 0.25) is 0 Å². The first-order chi connectivity index (χ1) is 12.0. The van der Waals surface area contributed by atoms with Crippen LogP contribution in [0.25, 0.3) is 0 Å². The second-order valence-electron chi connectivity index (χ2n) is 5.21. The van der Waals surface area contributed by atoms with Crippen molar-refractivity contribution in [2.45, 2.75) is 12.3 Å². The van der Waals surface area contributed by atoms with E-state index in [2.05, 4.69) is 10.3 Å². The molecule has 2 atom stereocenters. The normalized spacial score (nSPS) is 19.6. The van der Waals surface area contributed by atoms with Crippen molar-refractivity contribution in [3.8, 4) is 0 Å². The molecular weight excluding hydrogens is 336 g/mol. The van der Waals surface area contributed by atoms with Crippen LogP contribution in [0.5, 0.6) is 0 Å². The standard InChI is InChI=1S/C16H13F2N3O4/c17-11-6-10(8-22)25-15(11)21-7-12(18)13(20-16(21)24)19-14(23)9-4-2-1-3-5-9/h1-7,10,15,22H,8H2,(H,19,20,23,24)/t10-,15+/m0/s1. The zero-order valence-corrected chi connectivity index (χ0v) is 12.7. The maximum Gasteiger partial charge on any atom is 0.352 e. The number of halogens is 2. The third-order valence-electron chi connectivity index (χ3n) is 3.49. The van der Waals surface area contributed by atoms with E-state index in [0.717, 1.165) is 6.08 Å². The summed E-state index contributed by atoms with van der Waals surface area (Å²) in [5.74, 6) is -3.10. The van der Waals surface area contributed by atoms with E-state index in [9.17, 15) is 18.4 Å². The maximum atomic E-state index is 14.2. The topological polar surface area (TPSA) is 93.5 Å². The molecule has 2 aromatic rings. The molecule has 0 saturated carbocycles. The maximum absolute atomic E-state index is 14.2. The Bertz CT molecular complexity index is 883. The molecule has 0 radical (unpaired) electrons. The van der Waals surface area contributed by atoms with Gasteiger partial charge in [0, 0.05) is 5.56 Å². The first kappa shape index (κ1) is 16.9. The molecule has 0 unspecified atom stereocenters. The van der Waals surface area contributed by atoms with Crippen molar-refractivity contribution in [1.82, 2.24) is 9.55 Å². The highest BCUT2D eigenvalue weighted by atomic mass is 19.1. The highest BCUT2D eigenvalue weighted by molar-refractivity contribution is 6.03. The minimum Gasteiger partial charge on any atom is -0.393 e. The van der Waals surface area contributed by atoms with E-state index < -0.39 is 48.0 Å². The highest BCUT2D eigenvalue weighted by Crippen LogP contribution is 2.29. The molecule has 0 spiro atoms. The number of hydrogen-bond acceptors (Lipinski definition) is 5. The number of anilines is 1. The summed E-state index contributed by atoms with van der Waals surface area (Å²) in [6.07, 6.45) is -0.767. The van der Waals surface area contributed by atoms with Crippen LogP contribution >= 0.6 is 0 Å². The Morgan fingerprint density at radius 1 is 1.32 bits per heavy atom. The molecule has 1 aromatic carbocycles. The summed E-state index contributed by atoms with van der Waals surface area (Å²) in [5, 5.41) is 11.2. The lowest BCUT2D eigenvalue weighted by Crippen LogP contribution is -2.30. The molecule has 3 rings (SSSR count). The van der Waals surface area contributed by atoms with Crippen molar-refractivity contribution in [1.29, 1.82) is 0 Å². The summed E-state index contributed by atoms with van der Waals surface area (Å²) in [6, 6.07) is 7.98. The van der Waals surface area contributed by atoms with E-state index in [4.69, 9.17) is 9.84 Å². The molecule has 130 valence electrons. The summed E-state index contributed by atoms with van der Waals surface area (Å²) in [7, 11) is 0. The summed E-state index contributed by atoms with van der Waals surface area (Å²) < 4.78 is 33.7. The monoisotopic (exact) mass is 349 g/mol. The number of aliphatic hydroxyl groups excluding tert-OH is 1. The van der Waals surface area contributed by atoms with Gasteiger partial charge in [0.25, 0.3) is 5.91 Å². The lowest BCUT2D eigenvalue weighted by atomic mass is 10.2. The fourth-order valence-corrected chi connectivity index (χ4v) is 2.29. The van der Waals surface area contributed by atoms with Crippen LogP contribution in [0, 0.1) is 5.82 Å². The molecule has 9 heteroatoms. The number of rotatable bonds is 4.